The van der Waals surface area contributed by atoms with Gasteiger partial charge in [-0.25, -0.2) is 12.7 Å². The second-order valence-electron chi connectivity index (χ2n) is 6.22. The van der Waals surface area contributed by atoms with Crippen molar-refractivity contribution in [3.63, 3.8) is 0 Å². The average molecular weight is 314 g/mol. The molecule has 1 aromatic rings. The highest BCUT2D eigenvalue weighted by Gasteiger charge is 2.28. The number of piperidine rings is 1. The summed E-state index contributed by atoms with van der Waals surface area (Å²) in [6.45, 7) is 7.14. The zero-order chi connectivity index (χ0) is 15.8. The molecule has 0 aliphatic carbocycles. The van der Waals surface area contributed by atoms with E-state index in [9.17, 15) is 8.42 Å². The van der Waals surface area contributed by atoms with Gasteiger partial charge in [-0.1, -0.05) is 0 Å². The summed E-state index contributed by atoms with van der Waals surface area (Å²) in [5, 5.41) is 0. The molecular weight excluding hydrogens is 288 g/mol. The molecule has 120 valence electrons. The van der Waals surface area contributed by atoms with E-state index in [1.165, 1.54) is 6.26 Å². The van der Waals surface area contributed by atoms with Crippen LogP contribution in [0.2, 0.25) is 0 Å². The van der Waals surface area contributed by atoms with Gasteiger partial charge < -0.3 is 10.2 Å². The topological polar surface area (TPSA) is 76.5 Å². The highest BCUT2D eigenvalue weighted by Crippen LogP contribution is 2.32. The van der Waals surface area contributed by atoms with E-state index in [0.29, 0.717) is 19.0 Å². The Morgan fingerprint density at radius 3 is 2.52 bits per heavy atom. The number of aryl methyl sites for hydroxylation is 2. The first kappa shape index (κ1) is 16.5. The van der Waals surface area contributed by atoms with Gasteiger partial charge in [-0.15, -0.1) is 0 Å². The molecule has 0 saturated carbocycles. The van der Waals surface area contributed by atoms with Gasteiger partial charge in [-0.05, 0) is 51.5 Å². The molecule has 2 rings (SSSR count). The maximum Gasteiger partial charge on any atom is 0.211 e. The van der Waals surface area contributed by atoms with Crippen LogP contribution in [0.15, 0.2) is 4.42 Å². The van der Waals surface area contributed by atoms with Crippen LogP contribution in [0.4, 0.5) is 0 Å². The van der Waals surface area contributed by atoms with Crippen LogP contribution < -0.4 is 5.73 Å². The van der Waals surface area contributed by atoms with Gasteiger partial charge in [-0.2, -0.15) is 0 Å². The lowest BCUT2D eigenvalue weighted by molar-refractivity contribution is 0.246. The van der Waals surface area contributed by atoms with E-state index in [4.69, 9.17) is 10.2 Å². The van der Waals surface area contributed by atoms with Crippen LogP contribution in [0.25, 0.3) is 0 Å². The third kappa shape index (κ3) is 3.67. The zero-order valence-corrected chi connectivity index (χ0v) is 14.2. The molecular formula is C15H26N2O3S. The van der Waals surface area contributed by atoms with E-state index in [-0.39, 0.29) is 6.04 Å². The largest absolute Gasteiger partial charge is 0.466 e. The first-order valence-corrected chi connectivity index (χ1v) is 9.32. The summed E-state index contributed by atoms with van der Waals surface area (Å²) < 4.78 is 30.6. The van der Waals surface area contributed by atoms with Crippen LogP contribution in [0.5, 0.6) is 0 Å². The number of nitrogens with zero attached hydrogens (tertiary/aromatic N) is 1. The summed E-state index contributed by atoms with van der Waals surface area (Å²) in [5.41, 5.74) is 8.58. The van der Waals surface area contributed by atoms with E-state index >= 15 is 0 Å². The Bertz CT molecular complexity index is 607. The van der Waals surface area contributed by atoms with E-state index in [0.717, 1.165) is 41.9 Å². The molecule has 5 nitrogen and oxygen atoms in total. The number of furan rings is 1. The Morgan fingerprint density at radius 1 is 1.33 bits per heavy atom. The first-order valence-electron chi connectivity index (χ1n) is 7.47. The van der Waals surface area contributed by atoms with Crippen molar-refractivity contribution in [2.45, 2.75) is 46.1 Å². The van der Waals surface area contributed by atoms with Crippen LogP contribution >= 0.6 is 0 Å². The van der Waals surface area contributed by atoms with Crippen LogP contribution in [0, 0.1) is 26.7 Å². The molecule has 1 aromatic heterocycles. The maximum absolute atomic E-state index is 11.7. The minimum absolute atomic E-state index is 0.0908. The Kier molecular flexibility index (Phi) is 4.80. The second-order valence-corrected chi connectivity index (χ2v) is 8.21. The molecule has 1 fully saturated rings. The van der Waals surface area contributed by atoms with E-state index < -0.39 is 10.0 Å². The van der Waals surface area contributed by atoms with Crippen LogP contribution in [0.1, 0.15) is 48.0 Å². The lowest BCUT2D eigenvalue weighted by Gasteiger charge is -2.32. The quantitative estimate of drug-likeness (QED) is 0.925. The van der Waals surface area contributed by atoms with Crippen molar-refractivity contribution in [3.05, 3.63) is 22.6 Å². The zero-order valence-electron chi connectivity index (χ0n) is 13.3. The third-order valence-electron chi connectivity index (χ3n) is 4.53. The number of hydrogen-bond donors (Lipinski definition) is 1. The van der Waals surface area contributed by atoms with E-state index in [1.807, 2.05) is 20.8 Å². The standard InChI is InChI=1S/C15H26N2O3S/c1-10-11(2)20-12(3)15(10)14(16)8-13-6-5-7-17(9-13)21(4,18)19/h13-14H,5-9,16H2,1-4H3. The molecule has 2 atom stereocenters. The third-order valence-corrected chi connectivity index (χ3v) is 5.80. The summed E-state index contributed by atoms with van der Waals surface area (Å²) in [7, 11) is -3.10. The molecule has 0 amide bonds. The molecule has 1 saturated heterocycles. The fourth-order valence-corrected chi connectivity index (χ4v) is 4.29. The summed E-state index contributed by atoms with van der Waals surface area (Å²) in [6, 6.07) is -0.0908. The Morgan fingerprint density at radius 2 is 2.00 bits per heavy atom. The molecule has 0 aromatic carbocycles. The molecule has 2 N–H and O–H groups in total. The fraction of sp³-hybridized carbons (Fsp3) is 0.733. The Labute approximate surface area is 127 Å². The molecule has 2 unspecified atom stereocenters. The lowest BCUT2D eigenvalue weighted by Crippen LogP contribution is -2.40. The minimum atomic E-state index is -3.10. The summed E-state index contributed by atoms with van der Waals surface area (Å²) >= 11 is 0. The number of sulfonamides is 1. The summed E-state index contributed by atoms with van der Waals surface area (Å²) in [6.07, 6.45) is 4.02. The van der Waals surface area contributed by atoms with Crippen molar-refractivity contribution in [2.24, 2.45) is 11.7 Å². The van der Waals surface area contributed by atoms with Crippen molar-refractivity contribution in [1.82, 2.24) is 4.31 Å². The average Bonchev–Trinajstić information content (AvgIpc) is 2.62. The van der Waals surface area contributed by atoms with Crippen molar-refractivity contribution in [3.8, 4) is 0 Å². The van der Waals surface area contributed by atoms with Gasteiger partial charge in [0.1, 0.15) is 11.5 Å². The molecule has 1 aliphatic heterocycles. The Hall–Kier alpha value is -0.850. The lowest BCUT2D eigenvalue weighted by atomic mass is 9.89. The highest BCUT2D eigenvalue weighted by molar-refractivity contribution is 7.88. The fourth-order valence-electron chi connectivity index (χ4n) is 3.35. The van der Waals surface area contributed by atoms with E-state index in [2.05, 4.69) is 0 Å². The predicted octanol–water partition coefficient (Wildman–Crippen LogP) is 2.27. The smallest absolute Gasteiger partial charge is 0.211 e. The SMILES string of the molecule is Cc1oc(C)c(C(N)CC2CCCN(S(C)(=O)=O)C2)c1C. The predicted molar refractivity (Wildman–Crippen MR) is 83.6 cm³/mol. The van der Waals surface area contributed by atoms with Gasteiger partial charge >= 0.3 is 0 Å². The second kappa shape index (κ2) is 6.10. The van der Waals surface area contributed by atoms with Crippen molar-refractivity contribution in [1.29, 1.82) is 0 Å². The van der Waals surface area contributed by atoms with Gasteiger partial charge in [0.15, 0.2) is 0 Å². The molecule has 0 spiro atoms. The molecule has 1 aliphatic rings. The maximum atomic E-state index is 11.7. The molecule has 0 radical (unpaired) electrons. The van der Waals surface area contributed by atoms with E-state index in [1.54, 1.807) is 4.31 Å². The summed E-state index contributed by atoms with van der Waals surface area (Å²) in [5.74, 6) is 2.12. The van der Waals surface area contributed by atoms with Crippen molar-refractivity contribution >= 4 is 10.0 Å². The molecule has 21 heavy (non-hydrogen) atoms. The van der Waals surface area contributed by atoms with Crippen molar-refractivity contribution in [2.75, 3.05) is 19.3 Å². The first-order chi connectivity index (χ1) is 9.70. The molecule has 0 bridgehead atoms. The normalized spacial score (nSPS) is 22.4. The molecule has 2 heterocycles. The number of hydrogen-bond acceptors (Lipinski definition) is 4. The molecule has 6 heteroatoms. The van der Waals surface area contributed by atoms with Crippen LogP contribution in [0.3, 0.4) is 0 Å². The minimum Gasteiger partial charge on any atom is -0.466 e. The van der Waals surface area contributed by atoms with Gasteiger partial charge in [0, 0.05) is 24.7 Å². The van der Waals surface area contributed by atoms with Gasteiger partial charge in [-0.3, -0.25) is 0 Å². The number of rotatable bonds is 4. The van der Waals surface area contributed by atoms with Gasteiger partial charge in [0.05, 0.1) is 6.26 Å². The van der Waals surface area contributed by atoms with Gasteiger partial charge in [0.2, 0.25) is 10.0 Å². The number of nitrogens with two attached hydrogens (primary N) is 1. The Balaban J connectivity index is 2.07. The highest BCUT2D eigenvalue weighted by atomic mass is 32.2. The van der Waals surface area contributed by atoms with Crippen LogP contribution in [-0.4, -0.2) is 32.1 Å². The summed E-state index contributed by atoms with van der Waals surface area (Å²) in [4.78, 5) is 0. The monoisotopic (exact) mass is 314 g/mol. The van der Waals surface area contributed by atoms with Gasteiger partial charge in [0.25, 0.3) is 0 Å². The van der Waals surface area contributed by atoms with Crippen LogP contribution in [-0.2, 0) is 10.0 Å². The van der Waals surface area contributed by atoms with Crippen molar-refractivity contribution < 1.29 is 12.8 Å².